The van der Waals surface area contributed by atoms with Gasteiger partial charge >= 0.3 is 0 Å². The van der Waals surface area contributed by atoms with E-state index in [1.807, 2.05) is 73.7 Å². The molecule has 0 aliphatic rings. The molecule has 2 atom stereocenters. The lowest BCUT2D eigenvalue weighted by Gasteiger charge is -2.17. The Kier molecular flexibility index (Phi) is 8.16. The maximum Gasteiger partial charge on any atom is 0.197 e. The maximum absolute atomic E-state index is 5.83. The van der Waals surface area contributed by atoms with Crippen molar-refractivity contribution >= 4 is 0 Å². The van der Waals surface area contributed by atoms with Crippen LogP contribution in [0.1, 0.15) is 38.7 Å². The highest BCUT2D eigenvalue weighted by atomic mass is 16.7. The molecule has 2 unspecified atom stereocenters. The minimum Gasteiger partial charge on any atom is -0.491 e. The molecule has 0 N–H and O–H groups in total. The van der Waals surface area contributed by atoms with Crippen LogP contribution in [0.5, 0.6) is 23.0 Å². The fourth-order valence-electron chi connectivity index (χ4n) is 2.96. The average molecular weight is 407 g/mol. The molecule has 30 heavy (non-hydrogen) atoms. The van der Waals surface area contributed by atoms with Crippen molar-refractivity contribution in [2.24, 2.45) is 0 Å². The van der Waals surface area contributed by atoms with E-state index in [2.05, 4.69) is 26.0 Å². The number of rotatable bonds is 11. The van der Waals surface area contributed by atoms with Crippen LogP contribution in [0.25, 0.3) is 0 Å². The second-order valence-corrected chi connectivity index (χ2v) is 7.17. The zero-order valence-corrected chi connectivity index (χ0v) is 17.9. The van der Waals surface area contributed by atoms with Crippen LogP contribution in [0.4, 0.5) is 0 Å². The van der Waals surface area contributed by atoms with Gasteiger partial charge in [0.15, 0.2) is 6.29 Å². The van der Waals surface area contributed by atoms with Gasteiger partial charge in [0.2, 0.25) is 0 Å². The molecule has 4 heteroatoms. The van der Waals surface area contributed by atoms with Gasteiger partial charge in [-0.3, -0.25) is 0 Å². The average Bonchev–Trinajstić information content (AvgIpc) is 2.78. The van der Waals surface area contributed by atoms with Crippen LogP contribution in [0, 0.1) is 0 Å². The van der Waals surface area contributed by atoms with Gasteiger partial charge in [-0.25, -0.2) is 0 Å². The summed E-state index contributed by atoms with van der Waals surface area (Å²) in [6.07, 6.45) is 0.775. The van der Waals surface area contributed by atoms with Crippen LogP contribution in [-0.2, 0) is 4.74 Å². The molecule has 0 amide bonds. The predicted octanol–water partition coefficient (Wildman–Crippen LogP) is 6.81. The van der Waals surface area contributed by atoms with Gasteiger partial charge in [0.05, 0.1) is 6.61 Å². The number of para-hydroxylation sites is 1. The zero-order chi connectivity index (χ0) is 21.2. The molecule has 0 aliphatic carbocycles. The number of hydrogen-bond donors (Lipinski definition) is 0. The number of ether oxygens (including phenoxy) is 4. The highest BCUT2D eigenvalue weighted by molar-refractivity contribution is 5.36. The van der Waals surface area contributed by atoms with Gasteiger partial charge in [0.25, 0.3) is 0 Å². The molecule has 3 aromatic carbocycles. The van der Waals surface area contributed by atoms with Gasteiger partial charge in [0.1, 0.15) is 29.6 Å². The lowest BCUT2D eigenvalue weighted by atomic mass is 9.99. The fourth-order valence-corrected chi connectivity index (χ4v) is 2.96. The van der Waals surface area contributed by atoms with Crippen LogP contribution < -0.4 is 14.2 Å². The first-order valence-corrected chi connectivity index (χ1v) is 10.5. The smallest absolute Gasteiger partial charge is 0.197 e. The molecule has 0 spiro atoms. The summed E-state index contributed by atoms with van der Waals surface area (Å²) in [5.74, 6) is 3.63. The molecule has 3 aromatic rings. The zero-order valence-electron chi connectivity index (χ0n) is 17.9. The van der Waals surface area contributed by atoms with Crippen molar-refractivity contribution in [2.45, 2.75) is 39.4 Å². The maximum atomic E-state index is 5.83. The van der Waals surface area contributed by atoms with Crippen molar-refractivity contribution in [1.29, 1.82) is 0 Å². The van der Waals surface area contributed by atoms with Gasteiger partial charge in [-0.2, -0.15) is 0 Å². The summed E-state index contributed by atoms with van der Waals surface area (Å²) in [7, 11) is 0. The van der Waals surface area contributed by atoms with E-state index in [1.54, 1.807) is 0 Å². The normalized spacial score (nSPS) is 12.8. The Morgan fingerprint density at radius 3 is 2.13 bits per heavy atom. The van der Waals surface area contributed by atoms with Gasteiger partial charge in [-0.05, 0) is 61.2 Å². The fraction of sp³-hybridized carbons (Fsp3) is 0.308. The molecule has 0 bridgehead atoms. The summed E-state index contributed by atoms with van der Waals surface area (Å²) in [6.45, 7) is 7.16. The molecule has 0 aromatic heterocycles. The molecule has 158 valence electrons. The highest BCUT2D eigenvalue weighted by Crippen LogP contribution is 2.25. The SMILES string of the molecule is CCC(C)c1ccc(OC(C)OCCOc2cccc(Oc3ccccc3)c2)cc1. The van der Waals surface area contributed by atoms with Crippen molar-refractivity contribution in [2.75, 3.05) is 13.2 Å². The minimum atomic E-state index is -0.351. The third kappa shape index (κ3) is 6.82. The first-order chi connectivity index (χ1) is 14.6. The Labute approximate surface area is 179 Å². The van der Waals surface area contributed by atoms with E-state index in [9.17, 15) is 0 Å². The van der Waals surface area contributed by atoms with Crippen molar-refractivity contribution in [3.8, 4) is 23.0 Å². The van der Waals surface area contributed by atoms with E-state index in [1.165, 1.54) is 5.56 Å². The van der Waals surface area contributed by atoms with E-state index < -0.39 is 0 Å². The van der Waals surface area contributed by atoms with Crippen molar-refractivity contribution in [3.63, 3.8) is 0 Å². The van der Waals surface area contributed by atoms with Gasteiger partial charge in [-0.15, -0.1) is 0 Å². The lowest BCUT2D eigenvalue weighted by Crippen LogP contribution is -2.19. The Morgan fingerprint density at radius 1 is 0.700 bits per heavy atom. The molecule has 0 radical (unpaired) electrons. The minimum absolute atomic E-state index is 0.351. The molecule has 4 nitrogen and oxygen atoms in total. The first kappa shape index (κ1) is 21.7. The molecule has 3 rings (SSSR count). The van der Waals surface area contributed by atoms with E-state index in [4.69, 9.17) is 18.9 Å². The van der Waals surface area contributed by atoms with Crippen molar-refractivity contribution in [3.05, 3.63) is 84.4 Å². The highest BCUT2D eigenvalue weighted by Gasteiger charge is 2.07. The third-order valence-corrected chi connectivity index (χ3v) is 4.85. The van der Waals surface area contributed by atoms with Crippen LogP contribution in [0.2, 0.25) is 0 Å². The van der Waals surface area contributed by atoms with E-state index in [-0.39, 0.29) is 6.29 Å². The van der Waals surface area contributed by atoms with E-state index in [0.717, 1.165) is 29.4 Å². The molecule has 0 saturated carbocycles. The van der Waals surface area contributed by atoms with Crippen LogP contribution in [0.15, 0.2) is 78.9 Å². The summed E-state index contributed by atoms with van der Waals surface area (Å²) >= 11 is 0. The number of hydrogen-bond acceptors (Lipinski definition) is 4. The standard InChI is InChI=1S/C26H30O4/c1-4-20(2)22-13-15-24(16-14-22)29-21(3)27-17-18-28-25-11-8-12-26(19-25)30-23-9-6-5-7-10-23/h5-16,19-21H,4,17-18H2,1-3H3. The van der Waals surface area contributed by atoms with Crippen LogP contribution in [-0.4, -0.2) is 19.5 Å². The molecular formula is C26H30O4. The molecule has 0 saturated heterocycles. The summed E-state index contributed by atoms with van der Waals surface area (Å²) < 4.78 is 23.1. The lowest BCUT2D eigenvalue weighted by molar-refractivity contribution is -0.0739. The molecular weight excluding hydrogens is 376 g/mol. The van der Waals surface area contributed by atoms with E-state index in [0.29, 0.717) is 19.1 Å². The second kappa shape index (κ2) is 11.3. The predicted molar refractivity (Wildman–Crippen MR) is 120 cm³/mol. The summed E-state index contributed by atoms with van der Waals surface area (Å²) in [4.78, 5) is 0. The van der Waals surface area contributed by atoms with Crippen LogP contribution >= 0.6 is 0 Å². The Morgan fingerprint density at radius 2 is 1.40 bits per heavy atom. The largest absolute Gasteiger partial charge is 0.491 e. The Balaban J connectivity index is 1.40. The Bertz CT molecular complexity index is 877. The van der Waals surface area contributed by atoms with E-state index >= 15 is 0 Å². The number of benzene rings is 3. The summed E-state index contributed by atoms with van der Waals surface area (Å²) in [6, 6.07) is 25.5. The van der Waals surface area contributed by atoms with Gasteiger partial charge in [0, 0.05) is 6.07 Å². The van der Waals surface area contributed by atoms with Crippen LogP contribution in [0.3, 0.4) is 0 Å². The van der Waals surface area contributed by atoms with Gasteiger partial charge in [-0.1, -0.05) is 50.2 Å². The monoisotopic (exact) mass is 406 g/mol. The quantitative estimate of drug-likeness (QED) is 0.259. The Hall–Kier alpha value is -2.98. The van der Waals surface area contributed by atoms with Gasteiger partial charge < -0.3 is 18.9 Å². The molecule has 0 fully saturated rings. The van der Waals surface area contributed by atoms with Crippen molar-refractivity contribution < 1.29 is 18.9 Å². The topological polar surface area (TPSA) is 36.9 Å². The summed E-state index contributed by atoms with van der Waals surface area (Å²) in [5.41, 5.74) is 1.32. The summed E-state index contributed by atoms with van der Waals surface area (Å²) in [5, 5.41) is 0. The molecule has 0 heterocycles. The van der Waals surface area contributed by atoms with Crippen molar-refractivity contribution in [1.82, 2.24) is 0 Å². The second-order valence-electron chi connectivity index (χ2n) is 7.17. The third-order valence-electron chi connectivity index (χ3n) is 4.85. The first-order valence-electron chi connectivity index (χ1n) is 10.5. The molecule has 0 aliphatic heterocycles.